The fourth-order valence-electron chi connectivity index (χ4n) is 1.92. The van der Waals surface area contributed by atoms with E-state index in [0.29, 0.717) is 5.75 Å². The number of benzene rings is 2. The van der Waals surface area contributed by atoms with Crippen LogP contribution in [0.4, 0.5) is 5.69 Å². The molecule has 0 aliphatic heterocycles. The number of carbonyl (C=O) groups excluding carboxylic acids is 1. The van der Waals surface area contributed by atoms with Gasteiger partial charge in [0.25, 0.3) is 5.91 Å². The van der Waals surface area contributed by atoms with Gasteiger partial charge in [-0.25, -0.2) is 0 Å². The molecule has 4 nitrogen and oxygen atoms in total. The number of amides is 1. The predicted octanol–water partition coefficient (Wildman–Crippen LogP) is 3.93. The van der Waals surface area contributed by atoms with E-state index in [0.717, 1.165) is 22.6 Å². The number of halogens is 1. The van der Waals surface area contributed by atoms with Crippen LogP contribution in [0.2, 0.25) is 0 Å². The van der Waals surface area contributed by atoms with Crippen LogP contribution in [0, 0.1) is 17.4 Å². The quantitative estimate of drug-likeness (QED) is 0.759. The third-order valence-corrected chi connectivity index (χ3v) is 4.37. The number of carbonyl (C=O) groups is 1. The van der Waals surface area contributed by atoms with E-state index in [2.05, 4.69) is 34.0 Å². The van der Waals surface area contributed by atoms with Crippen molar-refractivity contribution in [3.63, 3.8) is 0 Å². The van der Waals surface area contributed by atoms with Gasteiger partial charge in [0.15, 0.2) is 6.61 Å². The van der Waals surface area contributed by atoms with Crippen LogP contribution in [0.1, 0.15) is 11.1 Å². The Kier molecular flexibility index (Phi) is 5.65. The zero-order valence-electron chi connectivity index (χ0n) is 12.8. The molecule has 1 amide bonds. The summed E-state index contributed by atoms with van der Waals surface area (Å²) in [7, 11) is 1.61. The second-order valence-corrected chi connectivity index (χ2v) is 6.09. The van der Waals surface area contributed by atoms with E-state index in [4.69, 9.17) is 9.47 Å². The van der Waals surface area contributed by atoms with Crippen LogP contribution in [-0.2, 0) is 4.79 Å². The molecule has 0 fully saturated rings. The molecule has 0 bridgehead atoms. The first kappa shape index (κ1) is 16.6. The maximum atomic E-state index is 12.0. The number of anilines is 1. The molecule has 22 heavy (non-hydrogen) atoms. The lowest BCUT2D eigenvalue weighted by atomic mass is 10.1. The Labute approximate surface area is 144 Å². The molecule has 0 saturated heterocycles. The van der Waals surface area contributed by atoms with Gasteiger partial charge in [0.1, 0.15) is 11.5 Å². The highest BCUT2D eigenvalue weighted by molar-refractivity contribution is 14.1. The second-order valence-electron chi connectivity index (χ2n) is 4.93. The minimum atomic E-state index is -0.181. The Hall–Kier alpha value is -1.76. The van der Waals surface area contributed by atoms with Crippen LogP contribution in [-0.4, -0.2) is 19.6 Å². The van der Waals surface area contributed by atoms with Crippen LogP contribution >= 0.6 is 22.6 Å². The molecule has 0 heterocycles. The highest BCUT2D eigenvalue weighted by Gasteiger charge is 2.08. The molecule has 5 heteroatoms. The van der Waals surface area contributed by atoms with Crippen molar-refractivity contribution in [3.8, 4) is 11.5 Å². The van der Waals surface area contributed by atoms with Gasteiger partial charge in [-0.05, 0) is 84.0 Å². The summed E-state index contributed by atoms with van der Waals surface area (Å²) in [4.78, 5) is 12.0. The summed E-state index contributed by atoms with van der Waals surface area (Å²) >= 11 is 2.28. The Bertz CT molecular complexity index is 668. The monoisotopic (exact) mass is 411 g/mol. The van der Waals surface area contributed by atoms with Gasteiger partial charge in [-0.15, -0.1) is 0 Å². The highest BCUT2D eigenvalue weighted by atomic mass is 127. The average Bonchev–Trinajstić information content (AvgIpc) is 2.51. The van der Waals surface area contributed by atoms with Crippen molar-refractivity contribution in [1.29, 1.82) is 0 Å². The summed E-state index contributed by atoms with van der Waals surface area (Å²) in [5.41, 5.74) is 2.99. The van der Waals surface area contributed by atoms with Crippen molar-refractivity contribution >= 4 is 34.2 Å². The number of aryl methyl sites for hydroxylation is 2. The fraction of sp³-hybridized carbons (Fsp3) is 0.235. The van der Waals surface area contributed by atoms with E-state index in [1.807, 2.05) is 19.9 Å². The van der Waals surface area contributed by atoms with Gasteiger partial charge in [-0.3, -0.25) is 4.79 Å². The average molecular weight is 411 g/mol. The Morgan fingerprint density at radius 1 is 1.09 bits per heavy atom. The normalized spacial score (nSPS) is 10.2. The zero-order valence-corrected chi connectivity index (χ0v) is 14.9. The van der Waals surface area contributed by atoms with Crippen molar-refractivity contribution in [3.05, 3.63) is 51.1 Å². The number of methoxy groups -OCH3 is 1. The van der Waals surface area contributed by atoms with Crippen molar-refractivity contribution < 1.29 is 14.3 Å². The Morgan fingerprint density at radius 2 is 1.73 bits per heavy atom. The summed E-state index contributed by atoms with van der Waals surface area (Å²) in [5, 5.41) is 2.88. The molecule has 2 aromatic rings. The number of nitrogens with one attached hydrogen (secondary N) is 1. The van der Waals surface area contributed by atoms with Crippen molar-refractivity contribution in [1.82, 2.24) is 0 Å². The molecule has 0 unspecified atom stereocenters. The van der Waals surface area contributed by atoms with Crippen LogP contribution in [0.5, 0.6) is 11.5 Å². The number of hydrogen-bond acceptors (Lipinski definition) is 3. The lowest BCUT2D eigenvalue weighted by Gasteiger charge is -2.11. The largest absolute Gasteiger partial charge is 0.497 e. The van der Waals surface area contributed by atoms with Crippen molar-refractivity contribution in [2.24, 2.45) is 0 Å². The third-order valence-electron chi connectivity index (χ3n) is 3.21. The molecular formula is C17H18INO3. The van der Waals surface area contributed by atoms with Crippen molar-refractivity contribution in [2.45, 2.75) is 13.8 Å². The summed E-state index contributed by atoms with van der Waals surface area (Å²) in [6.07, 6.45) is 0. The second kappa shape index (κ2) is 7.49. The number of hydrogen-bond donors (Lipinski definition) is 1. The van der Waals surface area contributed by atoms with Crippen LogP contribution in [0.15, 0.2) is 36.4 Å². The van der Waals surface area contributed by atoms with E-state index in [1.165, 1.54) is 3.57 Å². The Morgan fingerprint density at radius 3 is 2.36 bits per heavy atom. The minimum absolute atomic E-state index is 0.0309. The van der Waals surface area contributed by atoms with Gasteiger partial charge < -0.3 is 14.8 Å². The number of rotatable bonds is 5. The minimum Gasteiger partial charge on any atom is -0.497 e. The molecule has 2 aromatic carbocycles. The fourth-order valence-corrected chi connectivity index (χ4v) is 2.55. The molecular weight excluding hydrogens is 393 g/mol. The molecule has 116 valence electrons. The van der Waals surface area contributed by atoms with Gasteiger partial charge in [0.05, 0.1) is 7.11 Å². The molecule has 0 aliphatic rings. The van der Waals surface area contributed by atoms with Crippen LogP contribution in [0.3, 0.4) is 0 Å². The van der Waals surface area contributed by atoms with Gasteiger partial charge in [-0.2, -0.15) is 0 Å². The van der Waals surface area contributed by atoms with Crippen molar-refractivity contribution in [2.75, 3.05) is 19.0 Å². The smallest absolute Gasteiger partial charge is 0.262 e. The molecule has 0 radical (unpaired) electrons. The van der Waals surface area contributed by atoms with E-state index in [-0.39, 0.29) is 12.5 Å². The predicted molar refractivity (Wildman–Crippen MR) is 95.8 cm³/mol. The lowest BCUT2D eigenvalue weighted by Crippen LogP contribution is -2.20. The first-order chi connectivity index (χ1) is 10.5. The van der Waals surface area contributed by atoms with E-state index < -0.39 is 0 Å². The molecule has 0 saturated carbocycles. The highest BCUT2D eigenvalue weighted by Crippen LogP contribution is 2.22. The molecule has 0 aliphatic carbocycles. The van der Waals surface area contributed by atoms with Crippen LogP contribution < -0.4 is 14.8 Å². The third kappa shape index (κ3) is 4.37. The SMILES string of the molecule is COc1ccc(OCC(=O)Nc2cc(C)c(I)cc2C)cc1. The standard InChI is InChI=1S/C17H18INO3/c1-11-9-16(12(2)8-15(11)18)19-17(20)10-22-14-6-4-13(21-3)5-7-14/h4-9H,10H2,1-3H3,(H,19,20). The molecule has 2 rings (SSSR count). The first-order valence-electron chi connectivity index (χ1n) is 6.83. The summed E-state index contributed by atoms with van der Waals surface area (Å²) in [6, 6.07) is 11.1. The van der Waals surface area contributed by atoms with E-state index in [9.17, 15) is 4.79 Å². The zero-order chi connectivity index (χ0) is 16.1. The first-order valence-corrected chi connectivity index (χ1v) is 7.91. The topological polar surface area (TPSA) is 47.6 Å². The van der Waals surface area contributed by atoms with E-state index >= 15 is 0 Å². The lowest BCUT2D eigenvalue weighted by molar-refractivity contribution is -0.118. The summed E-state index contributed by atoms with van der Waals surface area (Å²) < 4.78 is 11.7. The molecule has 0 spiro atoms. The Balaban J connectivity index is 1.94. The molecule has 0 aromatic heterocycles. The van der Waals surface area contributed by atoms with Gasteiger partial charge in [-0.1, -0.05) is 0 Å². The van der Waals surface area contributed by atoms with Gasteiger partial charge in [0.2, 0.25) is 0 Å². The van der Waals surface area contributed by atoms with Gasteiger partial charge >= 0.3 is 0 Å². The maximum absolute atomic E-state index is 12.0. The maximum Gasteiger partial charge on any atom is 0.262 e. The summed E-state index contributed by atoms with van der Waals surface area (Å²) in [6.45, 7) is 3.96. The molecule has 0 atom stereocenters. The summed E-state index contributed by atoms with van der Waals surface area (Å²) in [5.74, 6) is 1.20. The molecule has 1 N–H and O–H groups in total. The number of ether oxygens (including phenoxy) is 2. The van der Waals surface area contributed by atoms with E-state index in [1.54, 1.807) is 31.4 Å². The van der Waals surface area contributed by atoms with Crippen LogP contribution in [0.25, 0.3) is 0 Å². The van der Waals surface area contributed by atoms with Gasteiger partial charge in [0, 0.05) is 9.26 Å².